The van der Waals surface area contributed by atoms with Crippen molar-refractivity contribution >= 4 is 23.5 Å². The third kappa shape index (κ3) is 4.80. The molecule has 0 aromatic carbocycles. The summed E-state index contributed by atoms with van der Waals surface area (Å²) in [5, 5.41) is 2.30. The molecule has 10 heteroatoms. The molecule has 1 aliphatic heterocycles. The highest BCUT2D eigenvalue weighted by molar-refractivity contribution is 6.20. The number of hydrogen-bond acceptors (Lipinski definition) is 9. The summed E-state index contributed by atoms with van der Waals surface area (Å²) in [5.41, 5.74) is -1.10. The smallest absolute Gasteiger partial charge is 0.303 e. The Kier molecular flexibility index (Phi) is 6.79. The normalized spacial score (nSPS) is 32.1. The Labute approximate surface area is 125 Å². The van der Waals surface area contributed by atoms with E-state index in [9.17, 15) is 14.5 Å². The van der Waals surface area contributed by atoms with Gasteiger partial charge in [0.1, 0.15) is 18.8 Å². The minimum Gasteiger partial charge on any atom is -0.463 e. The Morgan fingerprint density at radius 3 is 2.33 bits per heavy atom. The van der Waals surface area contributed by atoms with Gasteiger partial charge in [-0.1, -0.05) is 11.6 Å². The molecule has 0 unspecified atom stereocenters. The number of methoxy groups -OCH3 is 1. The molecule has 0 saturated carbocycles. The first-order chi connectivity index (χ1) is 9.90. The van der Waals surface area contributed by atoms with Crippen LogP contribution in [0.25, 0.3) is 0 Å². The van der Waals surface area contributed by atoms with Gasteiger partial charge in [0.2, 0.25) is 0 Å². The zero-order chi connectivity index (χ0) is 16.0. The number of alkyl halides is 1. The fourth-order valence-electron chi connectivity index (χ4n) is 1.96. The second-order valence-corrected chi connectivity index (χ2v) is 4.68. The Bertz CT molecular complexity index is 392. The van der Waals surface area contributed by atoms with Crippen molar-refractivity contribution in [3.05, 3.63) is 4.91 Å². The third-order valence-electron chi connectivity index (χ3n) is 2.77. The van der Waals surface area contributed by atoms with Crippen LogP contribution in [0.15, 0.2) is 5.34 Å². The first kappa shape index (κ1) is 17.6. The molecule has 0 bridgehead atoms. The van der Waals surface area contributed by atoms with E-state index < -0.39 is 41.9 Å². The molecule has 0 spiro atoms. The van der Waals surface area contributed by atoms with Gasteiger partial charge in [0.25, 0.3) is 0 Å². The van der Waals surface area contributed by atoms with Crippen molar-refractivity contribution in [2.24, 2.45) is 5.34 Å². The molecule has 0 aromatic heterocycles. The van der Waals surface area contributed by atoms with E-state index in [1.54, 1.807) is 0 Å². The first-order valence-corrected chi connectivity index (χ1v) is 6.45. The van der Waals surface area contributed by atoms with Crippen molar-refractivity contribution in [1.29, 1.82) is 0 Å². The molecule has 5 atom stereocenters. The maximum Gasteiger partial charge on any atom is 0.303 e. The Morgan fingerprint density at radius 1 is 1.19 bits per heavy atom. The number of carbonyl (C=O) groups is 2. The molecular weight excluding hydrogens is 310 g/mol. The molecule has 1 rings (SSSR count). The molecular formula is C11H16ClNO8. The van der Waals surface area contributed by atoms with Crippen LogP contribution in [0.3, 0.4) is 0 Å². The van der Waals surface area contributed by atoms with Crippen LogP contribution in [0.2, 0.25) is 0 Å². The van der Waals surface area contributed by atoms with Gasteiger partial charge in [0.05, 0.1) is 0 Å². The summed E-state index contributed by atoms with van der Waals surface area (Å²) in [7, 11) is 1.32. The number of hydrogen-bond donors (Lipinski definition) is 0. The highest BCUT2D eigenvalue weighted by atomic mass is 35.5. The van der Waals surface area contributed by atoms with Crippen molar-refractivity contribution in [2.45, 2.75) is 43.8 Å². The largest absolute Gasteiger partial charge is 0.463 e. The number of esters is 2. The van der Waals surface area contributed by atoms with E-state index in [1.165, 1.54) is 21.0 Å². The van der Waals surface area contributed by atoms with Gasteiger partial charge in [-0.3, -0.25) is 9.59 Å². The van der Waals surface area contributed by atoms with Crippen molar-refractivity contribution in [3.8, 4) is 0 Å². The molecule has 1 heterocycles. The van der Waals surface area contributed by atoms with Crippen molar-refractivity contribution in [2.75, 3.05) is 13.7 Å². The Hall–Kier alpha value is -1.45. The van der Waals surface area contributed by atoms with Crippen molar-refractivity contribution in [1.82, 2.24) is 0 Å². The SMILES string of the molecule is CO[C@@H]1[C@@H](ON=O)[C@@H](Cl)O[C@H](COC(C)=O)[C@H]1OC(C)=O. The number of halogens is 1. The van der Waals surface area contributed by atoms with Crippen LogP contribution in [0.4, 0.5) is 0 Å². The van der Waals surface area contributed by atoms with Crippen LogP contribution in [0.1, 0.15) is 13.8 Å². The lowest BCUT2D eigenvalue weighted by Gasteiger charge is -2.41. The number of nitrogens with zero attached hydrogens (tertiary/aromatic N) is 1. The highest BCUT2D eigenvalue weighted by Crippen LogP contribution is 2.30. The van der Waals surface area contributed by atoms with E-state index in [0.29, 0.717) is 0 Å². The van der Waals surface area contributed by atoms with Gasteiger partial charge < -0.3 is 23.8 Å². The highest BCUT2D eigenvalue weighted by Gasteiger charge is 2.50. The van der Waals surface area contributed by atoms with Crippen LogP contribution in [0.5, 0.6) is 0 Å². The third-order valence-corrected chi connectivity index (χ3v) is 3.12. The van der Waals surface area contributed by atoms with E-state index >= 15 is 0 Å². The second-order valence-electron chi connectivity index (χ2n) is 4.25. The predicted octanol–water partition coefficient (Wildman–Crippen LogP) is 0.526. The molecule has 1 saturated heterocycles. The van der Waals surface area contributed by atoms with E-state index in [2.05, 4.69) is 10.2 Å². The summed E-state index contributed by atoms with van der Waals surface area (Å²) in [6.07, 6.45) is -3.83. The summed E-state index contributed by atoms with van der Waals surface area (Å²) < 4.78 is 20.5. The maximum atomic E-state index is 11.2. The molecule has 120 valence electrons. The molecule has 9 nitrogen and oxygen atoms in total. The standard InChI is InChI=1S/C11H16ClNO8/c1-5(14)18-4-7-8(19-6(2)15)9(17-3)10(21-13-16)11(12)20-7/h7-11H,4H2,1-3H3/t7-,8-,9+,10-,11+/m1/s1. The first-order valence-electron chi connectivity index (χ1n) is 6.02. The summed E-state index contributed by atoms with van der Waals surface area (Å²) in [4.78, 5) is 36.9. The average Bonchev–Trinajstić information content (AvgIpc) is 2.40. The van der Waals surface area contributed by atoms with Crippen LogP contribution in [0, 0.1) is 4.91 Å². The lowest BCUT2D eigenvalue weighted by atomic mass is 9.99. The van der Waals surface area contributed by atoms with Crippen LogP contribution in [-0.4, -0.2) is 55.6 Å². The van der Waals surface area contributed by atoms with Crippen LogP contribution >= 0.6 is 11.6 Å². The molecule has 0 amide bonds. The van der Waals surface area contributed by atoms with Gasteiger partial charge in [0, 0.05) is 21.0 Å². The summed E-state index contributed by atoms with van der Waals surface area (Å²) in [6, 6.07) is 0. The fraction of sp³-hybridized carbons (Fsp3) is 0.818. The molecule has 0 radical (unpaired) electrons. The van der Waals surface area contributed by atoms with E-state index in [0.717, 1.165) is 0 Å². The van der Waals surface area contributed by atoms with E-state index in [1.807, 2.05) is 0 Å². The van der Waals surface area contributed by atoms with Gasteiger partial charge in [-0.25, -0.2) is 0 Å². The number of ether oxygens (including phenoxy) is 4. The summed E-state index contributed by atoms with van der Waals surface area (Å²) in [5.74, 6) is -1.14. The van der Waals surface area contributed by atoms with Gasteiger partial charge in [-0.05, 0) is 0 Å². The summed E-state index contributed by atoms with van der Waals surface area (Å²) in [6.45, 7) is 2.21. The second kappa shape index (κ2) is 8.11. The molecule has 21 heavy (non-hydrogen) atoms. The molecule has 1 aliphatic rings. The quantitative estimate of drug-likeness (QED) is 0.301. The van der Waals surface area contributed by atoms with Crippen LogP contribution < -0.4 is 0 Å². The lowest BCUT2D eigenvalue weighted by molar-refractivity contribution is -0.239. The lowest BCUT2D eigenvalue weighted by Crippen LogP contribution is -2.59. The van der Waals surface area contributed by atoms with Gasteiger partial charge in [0.15, 0.2) is 23.1 Å². The fourth-order valence-corrected chi connectivity index (χ4v) is 2.28. The molecule has 0 aromatic rings. The van der Waals surface area contributed by atoms with Crippen LogP contribution in [-0.2, 0) is 33.4 Å². The van der Waals surface area contributed by atoms with Crippen molar-refractivity contribution in [3.63, 3.8) is 0 Å². The molecule has 0 aliphatic carbocycles. The van der Waals surface area contributed by atoms with Gasteiger partial charge in [-0.15, -0.1) is 4.91 Å². The summed E-state index contributed by atoms with van der Waals surface area (Å²) >= 11 is 5.94. The number of carbonyl (C=O) groups excluding carboxylic acids is 2. The Balaban J connectivity index is 2.93. The van der Waals surface area contributed by atoms with E-state index in [-0.39, 0.29) is 6.61 Å². The zero-order valence-electron chi connectivity index (χ0n) is 11.7. The molecule has 0 N–H and O–H groups in total. The predicted molar refractivity (Wildman–Crippen MR) is 68.2 cm³/mol. The number of rotatable bonds is 6. The monoisotopic (exact) mass is 325 g/mol. The average molecular weight is 326 g/mol. The van der Waals surface area contributed by atoms with E-state index in [4.69, 9.17) is 30.5 Å². The minimum atomic E-state index is -1.10. The minimum absolute atomic E-state index is 0.197. The molecule has 1 fully saturated rings. The maximum absolute atomic E-state index is 11.2. The van der Waals surface area contributed by atoms with Crippen molar-refractivity contribution < 1.29 is 33.4 Å². The zero-order valence-corrected chi connectivity index (χ0v) is 12.4. The van der Waals surface area contributed by atoms with Gasteiger partial charge >= 0.3 is 11.9 Å². The Morgan fingerprint density at radius 2 is 1.86 bits per heavy atom. The topological polar surface area (TPSA) is 110 Å². The van der Waals surface area contributed by atoms with Gasteiger partial charge in [-0.2, -0.15) is 0 Å².